The summed E-state index contributed by atoms with van der Waals surface area (Å²) >= 11 is 0. The van der Waals surface area contributed by atoms with Gasteiger partial charge in [-0.25, -0.2) is 8.78 Å². The highest BCUT2D eigenvalue weighted by molar-refractivity contribution is 6.08. The molecule has 0 aliphatic carbocycles. The van der Waals surface area contributed by atoms with Crippen LogP contribution in [0.4, 0.5) is 14.5 Å². The first-order valence-corrected chi connectivity index (χ1v) is 8.60. The van der Waals surface area contributed by atoms with Crippen molar-refractivity contribution < 1.29 is 18.3 Å². The van der Waals surface area contributed by atoms with E-state index in [1.165, 1.54) is 17.0 Å². The van der Waals surface area contributed by atoms with Gasteiger partial charge in [0.05, 0.1) is 11.1 Å². The molecular weight excluding hydrogens is 338 g/mol. The summed E-state index contributed by atoms with van der Waals surface area (Å²) in [6.07, 6.45) is -0.516. The zero-order valence-corrected chi connectivity index (χ0v) is 14.8. The van der Waals surface area contributed by atoms with Gasteiger partial charge in [0.25, 0.3) is 0 Å². The average molecular weight is 358 g/mol. The lowest BCUT2D eigenvalue weighted by atomic mass is 9.86. The third kappa shape index (κ3) is 2.18. The molecule has 2 unspecified atom stereocenters. The van der Waals surface area contributed by atoms with E-state index in [1.54, 1.807) is 45.2 Å². The van der Waals surface area contributed by atoms with Gasteiger partial charge in [-0.1, -0.05) is 24.3 Å². The lowest BCUT2D eigenvalue weighted by Gasteiger charge is -2.30. The van der Waals surface area contributed by atoms with E-state index in [9.17, 15) is 13.6 Å². The minimum atomic E-state index is -0.863. The molecule has 2 atom stereocenters. The molecule has 0 bridgehead atoms. The van der Waals surface area contributed by atoms with Crippen LogP contribution in [0.25, 0.3) is 0 Å². The van der Waals surface area contributed by atoms with E-state index in [2.05, 4.69) is 5.32 Å². The van der Waals surface area contributed by atoms with Crippen molar-refractivity contribution in [3.63, 3.8) is 0 Å². The third-order valence-corrected chi connectivity index (χ3v) is 5.28. The van der Waals surface area contributed by atoms with E-state index in [1.807, 2.05) is 0 Å². The maximum Gasteiger partial charge on any atom is 0.237 e. The summed E-state index contributed by atoms with van der Waals surface area (Å²) in [6.45, 7) is 3.96. The Morgan fingerprint density at radius 1 is 1.15 bits per heavy atom. The molecule has 2 aromatic carbocycles. The van der Waals surface area contributed by atoms with Gasteiger partial charge < -0.3 is 10.1 Å². The summed E-state index contributed by atoms with van der Waals surface area (Å²) in [5, 5.41) is 3.01. The Morgan fingerprint density at radius 3 is 2.58 bits per heavy atom. The molecule has 2 aromatic rings. The van der Waals surface area contributed by atoms with Gasteiger partial charge in [-0.2, -0.15) is 0 Å². The Bertz CT molecular complexity index is 897. The zero-order valence-electron chi connectivity index (χ0n) is 14.8. The van der Waals surface area contributed by atoms with Crippen molar-refractivity contribution in [2.24, 2.45) is 0 Å². The standard InChI is InChI=1S/C20H20F2N2O2/c1-20(2)12-7-5-8-13(21)17(12)24(19(20)25)16-11-6-4-9-14(22)18(11)26-15(16)10-23-3/h4-9,15-16,23H,10H2,1-3H3. The topological polar surface area (TPSA) is 41.6 Å². The molecule has 0 aromatic heterocycles. The van der Waals surface area contributed by atoms with E-state index in [0.29, 0.717) is 17.7 Å². The Balaban J connectivity index is 1.92. The van der Waals surface area contributed by atoms with Crippen LogP contribution in [0.15, 0.2) is 36.4 Å². The van der Waals surface area contributed by atoms with Crippen molar-refractivity contribution in [2.75, 3.05) is 18.5 Å². The highest BCUT2D eigenvalue weighted by atomic mass is 19.1. The van der Waals surface area contributed by atoms with Crippen LogP contribution in [0.1, 0.15) is 31.0 Å². The van der Waals surface area contributed by atoms with Crippen LogP contribution in [0.2, 0.25) is 0 Å². The number of nitrogens with one attached hydrogen (secondary N) is 1. The van der Waals surface area contributed by atoms with Crippen LogP contribution in [-0.2, 0) is 10.2 Å². The molecule has 0 spiro atoms. The fourth-order valence-corrected chi connectivity index (χ4v) is 4.01. The van der Waals surface area contributed by atoms with Crippen molar-refractivity contribution in [1.29, 1.82) is 0 Å². The highest BCUT2D eigenvalue weighted by Crippen LogP contribution is 2.51. The second-order valence-electron chi connectivity index (χ2n) is 7.25. The van der Waals surface area contributed by atoms with Gasteiger partial charge in [0.1, 0.15) is 18.0 Å². The van der Waals surface area contributed by atoms with Gasteiger partial charge in [-0.15, -0.1) is 0 Å². The number of amides is 1. The highest BCUT2D eigenvalue weighted by Gasteiger charge is 2.52. The average Bonchev–Trinajstić information content (AvgIpc) is 3.05. The summed E-state index contributed by atoms with van der Waals surface area (Å²) in [5.74, 6) is -1.03. The van der Waals surface area contributed by atoms with Crippen LogP contribution in [0.5, 0.6) is 5.75 Å². The van der Waals surface area contributed by atoms with Gasteiger partial charge >= 0.3 is 0 Å². The molecule has 0 radical (unpaired) electrons. The maximum absolute atomic E-state index is 14.8. The van der Waals surface area contributed by atoms with Crippen molar-refractivity contribution in [1.82, 2.24) is 5.32 Å². The fourth-order valence-electron chi connectivity index (χ4n) is 4.01. The molecule has 4 rings (SSSR count). The fraction of sp³-hybridized carbons (Fsp3) is 0.350. The largest absolute Gasteiger partial charge is 0.483 e. The Labute approximate surface area is 150 Å². The first-order chi connectivity index (χ1) is 12.4. The van der Waals surface area contributed by atoms with Crippen molar-refractivity contribution >= 4 is 11.6 Å². The number of fused-ring (bicyclic) bond motifs is 2. The van der Waals surface area contributed by atoms with Crippen LogP contribution in [0.3, 0.4) is 0 Å². The Kier molecular flexibility index (Phi) is 3.77. The first kappa shape index (κ1) is 17.0. The summed E-state index contributed by atoms with van der Waals surface area (Å²) in [6, 6.07) is 8.76. The van der Waals surface area contributed by atoms with Crippen molar-refractivity contribution in [3.8, 4) is 5.75 Å². The maximum atomic E-state index is 14.8. The molecule has 26 heavy (non-hydrogen) atoms. The smallest absolute Gasteiger partial charge is 0.237 e. The van der Waals surface area contributed by atoms with Crippen LogP contribution in [-0.4, -0.2) is 25.6 Å². The molecule has 4 nitrogen and oxygen atoms in total. The van der Waals surface area contributed by atoms with Gasteiger partial charge in [-0.3, -0.25) is 9.69 Å². The Hall–Kier alpha value is -2.47. The number of carbonyl (C=O) groups excluding carboxylic acids is 1. The molecule has 2 heterocycles. The van der Waals surface area contributed by atoms with Gasteiger partial charge in [0.15, 0.2) is 11.6 Å². The minimum absolute atomic E-state index is 0.133. The third-order valence-electron chi connectivity index (χ3n) is 5.28. The normalized spacial score (nSPS) is 23.0. The number of benzene rings is 2. The monoisotopic (exact) mass is 358 g/mol. The Morgan fingerprint density at radius 2 is 1.85 bits per heavy atom. The lowest BCUT2D eigenvalue weighted by Crippen LogP contribution is -2.45. The summed E-state index contributed by atoms with van der Waals surface area (Å²) in [7, 11) is 1.75. The van der Waals surface area contributed by atoms with Gasteiger partial charge in [-0.05, 0) is 38.6 Å². The number of halogens is 2. The number of rotatable bonds is 3. The number of hydrogen-bond acceptors (Lipinski definition) is 3. The number of para-hydroxylation sites is 2. The number of hydrogen-bond donors (Lipinski definition) is 1. The molecule has 1 amide bonds. The molecule has 2 aliphatic rings. The molecule has 0 fully saturated rings. The zero-order chi connectivity index (χ0) is 18.6. The van der Waals surface area contributed by atoms with Crippen LogP contribution >= 0.6 is 0 Å². The van der Waals surface area contributed by atoms with Crippen LogP contribution in [0, 0.1) is 11.6 Å². The number of carbonyl (C=O) groups is 1. The van der Waals surface area contributed by atoms with Crippen LogP contribution < -0.4 is 15.0 Å². The number of likely N-dealkylation sites (N-methyl/N-ethyl adjacent to an activating group) is 1. The van der Waals surface area contributed by atoms with E-state index in [0.717, 1.165) is 0 Å². The lowest BCUT2D eigenvalue weighted by molar-refractivity contribution is -0.122. The predicted molar refractivity (Wildman–Crippen MR) is 94.4 cm³/mol. The predicted octanol–water partition coefficient (Wildman–Crippen LogP) is 3.31. The summed E-state index contributed by atoms with van der Waals surface area (Å²) in [5.41, 5.74) is 0.591. The summed E-state index contributed by atoms with van der Waals surface area (Å²) in [4.78, 5) is 14.7. The van der Waals surface area contributed by atoms with Gasteiger partial charge in [0, 0.05) is 12.1 Å². The second-order valence-corrected chi connectivity index (χ2v) is 7.25. The van der Waals surface area contributed by atoms with E-state index in [-0.39, 0.29) is 17.3 Å². The number of nitrogens with zero attached hydrogens (tertiary/aromatic N) is 1. The first-order valence-electron chi connectivity index (χ1n) is 8.60. The summed E-state index contributed by atoms with van der Waals surface area (Å²) < 4.78 is 34.8. The van der Waals surface area contributed by atoms with Crippen molar-refractivity contribution in [3.05, 3.63) is 59.2 Å². The minimum Gasteiger partial charge on any atom is -0.483 e. The molecule has 0 saturated heterocycles. The second kappa shape index (κ2) is 5.77. The van der Waals surface area contributed by atoms with E-state index < -0.39 is 29.2 Å². The van der Waals surface area contributed by atoms with Gasteiger partial charge in [0.2, 0.25) is 5.91 Å². The number of ether oxygens (including phenoxy) is 1. The van der Waals surface area contributed by atoms with E-state index >= 15 is 0 Å². The quantitative estimate of drug-likeness (QED) is 0.915. The molecule has 136 valence electrons. The molecule has 0 saturated carbocycles. The number of anilines is 1. The SMILES string of the molecule is CNCC1Oc2c(F)cccc2C1N1C(=O)C(C)(C)c2cccc(F)c21. The van der Waals surface area contributed by atoms with Crippen molar-refractivity contribution in [2.45, 2.75) is 31.4 Å². The molecular formula is C20H20F2N2O2. The van der Waals surface area contributed by atoms with E-state index in [4.69, 9.17) is 4.74 Å². The molecule has 1 N–H and O–H groups in total. The molecule has 2 aliphatic heterocycles. The molecule has 6 heteroatoms.